The maximum atomic E-state index is 9.68. The molecule has 1 aromatic carbocycles. The van der Waals surface area contributed by atoms with Crippen molar-refractivity contribution in [1.29, 1.82) is 0 Å². The second-order valence-electron chi connectivity index (χ2n) is 4.38. The zero-order valence-electron chi connectivity index (χ0n) is 10.4. The zero-order valence-corrected chi connectivity index (χ0v) is 10.4. The van der Waals surface area contributed by atoms with Gasteiger partial charge in [-0.2, -0.15) is 0 Å². The van der Waals surface area contributed by atoms with E-state index in [-0.39, 0.29) is 0 Å². The highest BCUT2D eigenvalue weighted by Crippen LogP contribution is 2.20. The highest BCUT2D eigenvalue weighted by atomic mass is 16.3. The fraction of sp³-hybridized carbons (Fsp3) is 0.500. The molecule has 0 atom stereocenters. The van der Waals surface area contributed by atoms with Crippen molar-refractivity contribution in [2.24, 2.45) is 4.99 Å². The number of phenolic OH excluding ortho intramolecular Hbond substituents is 1. The molecule has 0 amide bonds. The number of aliphatic imine (C=N–C) groups is 1. The molecule has 3 heteroatoms. The Bertz CT molecular complexity index is 413. The van der Waals surface area contributed by atoms with E-state index in [0.717, 1.165) is 55.7 Å². The zero-order chi connectivity index (χ0) is 12.1. The predicted molar refractivity (Wildman–Crippen MR) is 71.0 cm³/mol. The van der Waals surface area contributed by atoms with Crippen LogP contribution in [0.15, 0.2) is 23.2 Å². The standard InChI is InChI=1S/C14H20N2O/c1-2-11-10-12(4-5-14(11)17)13-6-9-15-7-3-8-16-13/h4-5,10,15,17H,2-3,6-9H2,1H3. The summed E-state index contributed by atoms with van der Waals surface area (Å²) < 4.78 is 0. The van der Waals surface area contributed by atoms with Gasteiger partial charge in [-0.3, -0.25) is 4.99 Å². The molecule has 0 spiro atoms. The van der Waals surface area contributed by atoms with Gasteiger partial charge in [0.2, 0.25) is 0 Å². The summed E-state index contributed by atoms with van der Waals surface area (Å²) in [5.74, 6) is 0.390. The molecule has 0 radical (unpaired) electrons. The van der Waals surface area contributed by atoms with Crippen molar-refractivity contribution in [3.8, 4) is 5.75 Å². The lowest BCUT2D eigenvalue weighted by Crippen LogP contribution is -2.23. The van der Waals surface area contributed by atoms with Gasteiger partial charge in [-0.15, -0.1) is 0 Å². The third-order valence-corrected chi connectivity index (χ3v) is 3.15. The third kappa shape index (κ3) is 3.07. The van der Waals surface area contributed by atoms with Crippen LogP contribution in [0, 0.1) is 0 Å². The Morgan fingerprint density at radius 1 is 1.35 bits per heavy atom. The molecule has 2 N–H and O–H groups in total. The number of rotatable bonds is 2. The fourth-order valence-corrected chi connectivity index (χ4v) is 2.11. The van der Waals surface area contributed by atoms with Crippen molar-refractivity contribution in [1.82, 2.24) is 5.32 Å². The minimum Gasteiger partial charge on any atom is -0.508 e. The number of phenols is 1. The Kier molecular flexibility index (Phi) is 4.15. The largest absolute Gasteiger partial charge is 0.508 e. The Hall–Kier alpha value is -1.35. The average Bonchev–Trinajstić information content (AvgIpc) is 2.30. The molecule has 0 unspecified atom stereocenters. The van der Waals surface area contributed by atoms with Crippen LogP contribution in [0.4, 0.5) is 0 Å². The van der Waals surface area contributed by atoms with Crippen LogP contribution < -0.4 is 5.32 Å². The number of hydrogen-bond donors (Lipinski definition) is 2. The van der Waals surface area contributed by atoms with Crippen molar-refractivity contribution in [2.75, 3.05) is 19.6 Å². The van der Waals surface area contributed by atoms with E-state index in [1.165, 1.54) is 0 Å². The molecule has 1 aliphatic rings. The fourth-order valence-electron chi connectivity index (χ4n) is 2.11. The maximum Gasteiger partial charge on any atom is 0.118 e. The van der Waals surface area contributed by atoms with E-state index in [9.17, 15) is 5.11 Å². The molecule has 0 saturated heterocycles. The minimum absolute atomic E-state index is 0.390. The molecule has 17 heavy (non-hydrogen) atoms. The molecule has 3 nitrogen and oxygen atoms in total. The molecule has 92 valence electrons. The van der Waals surface area contributed by atoms with Crippen LogP contribution in [0.3, 0.4) is 0 Å². The van der Waals surface area contributed by atoms with Gasteiger partial charge < -0.3 is 10.4 Å². The molecule has 0 saturated carbocycles. The number of hydrogen-bond acceptors (Lipinski definition) is 3. The molecule has 1 aliphatic heterocycles. The summed E-state index contributed by atoms with van der Waals surface area (Å²) in [5.41, 5.74) is 3.32. The maximum absolute atomic E-state index is 9.68. The minimum atomic E-state index is 0.390. The normalized spacial score (nSPS) is 17.1. The van der Waals surface area contributed by atoms with E-state index in [1.54, 1.807) is 6.07 Å². The summed E-state index contributed by atoms with van der Waals surface area (Å²) >= 11 is 0. The van der Waals surface area contributed by atoms with E-state index in [0.29, 0.717) is 5.75 Å². The monoisotopic (exact) mass is 232 g/mol. The summed E-state index contributed by atoms with van der Waals surface area (Å²) in [6.07, 6.45) is 2.92. The summed E-state index contributed by atoms with van der Waals surface area (Å²) in [7, 11) is 0. The first-order chi connectivity index (χ1) is 8.31. The number of aryl methyl sites for hydroxylation is 1. The van der Waals surface area contributed by atoms with Crippen LogP contribution in [0.2, 0.25) is 0 Å². The van der Waals surface area contributed by atoms with Gasteiger partial charge in [-0.1, -0.05) is 6.92 Å². The molecule has 1 heterocycles. The first-order valence-electron chi connectivity index (χ1n) is 6.37. The molecule has 1 aromatic rings. The van der Waals surface area contributed by atoms with Crippen molar-refractivity contribution < 1.29 is 5.11 Å². The van der Waals surface area contributed by atoms with Crippen LogP contribution in [-0.2, 0) is 6.42 Å². The van der Waals surface area contributed by atoms with E-state index in [2.05, 4.69) is 23.3 Å². The lowest BCUT2D eigenvalue weighted by molar-refractivity contribution is 0.469. The van der Waals surface area contributed by atoms with E-state index >= 15 is 0 Å². The Balaban J connectivity index is 2.25. The Morgan fingerprint density at radius 3 is 3.06 bits per heavy atom. The lowest BCUT2D eigenvalue weighted by Gasteiger charge is -2.13. The Labute approximate surface area is 103 Å². The van der Waals surface area contributed by atoms with Gasteiger partial charge in [0.05, 0.1) is 0 Å². The van der Waals surface area contributed by atoms with Crippen LogP contribution in [0.5, 0.6) is 5.75 Å². The van der Waals surface area contributed by atoms with Crippen molar-refractivity contribution >= 4 is 5.71 Å². The number of benzene rings is 1. The van der Waals surface area contributed by atoms with Crippen LogP contribution in [0.1, 0.15) is 30.9 Å². The van der Waals surface area contributed by atoms with Gasteiger partial charge in [-0.05, 0) is 48.7 Å². The molecule has 0 aliphatic carbocycles. The van der Waals surface area contributed by atoms with Gasteiger partial charge >= 0.3 is 0 Å². The first-order valence-corrected chi connectivity index (χ1v) is 6.37. The third-order valence-electron chi connectivity index (χ3n) is 3.15. The van der Waals surface area contributed by atoms with Crippen molar-refractivity contribution in [3.63, 3.8) is 0 Å². The van der Waals surface area contributed by atoms with Gasteiger partial charge in [-0.25, -0.2) is 0 Å². The molecular formula is C14H20N2O. The van der Waals surface area contributed by atoms with Crippen LogP contribution in [-0.4, -0.2) is 30.5 Å². The predicted octanol–water partition coefficient (Wildman–Crippen LogP) is 2.13. The summed E-state index contributed by atoms with van der Waals surface area (Å²) in [5, 5.41) is 13.1. The molecule has 0 bridgehead atoms. The first kappa shape index (κ1) is 12.1. The highest BCUT2D eigenvalue weighted by molar-refractivity contribution is 6.01. The van der Waals surface area contributed by atoms with Gasteiger partial charge in [0.1, 0.15) is 5.75 Å². The Morgan fingerprint density at radius 2 is 2.24 bits per heavy atom. The topological polar surface area (TPSA) is 44.6 Å². The molecule has 2 rings (SSSR count). The summed E-state index contributed by atoms with van der Waals surface area (Å²) in [6, 6.07) is 5.81. The second-order valence-corrected chi connectivity index (χ2v) is 4.38. The van der Waals surface area contributed by atoms with Gasteiger partial charge in [0.15, 0.2) is 0 Å². The van der Waals surface area contributed by atoms with Crippen LogP contribution in [0.25, 0.3) is 0 Å². The molecule has 0 fully saturated rings. The van der Waals surface area contributed by atoms with Crippen molar-refractivity contribution in [3.05, 3.63) is 29.3 Å². The van der Waals surface area contributed by atoms with E-state index < -0.39 is 0 Å². The molecular weight excluding hydrogens is 212 g/mol. The van der Waals surface area contributed by atoms with E-state index in [1.807, 2.05) is 6.07 Å². The average molecular weight is 232 g/mol. The second kappa shape index (κ2) is 5.82. The SMILES string of the molecule is CCc1cc(C2=NCCCNCC2)ccc1O. The summed E-state index contributed by atoms with van der Waals surface area (Å²) in [4.78, 5) is 4.65. The van der Waals surface area contributed by atoms with Gasteiger partial charge in [0, 0.05) is 25.2 Å². The number of nitrogens with zero attached hydrogens (tertiary/aromatic N) is 1. The number of aromatic hydroxyl groups is 1. The van der Waals surface area contributed by atoms with Gasteiger partial charge in [0.25, 0.3) is 0 Å². The quantitative estimate of drug-likeness (QED) is 0.820. The van der Waals surface area contributed by atoms with E-state index in [4.69, 9.17) is 0 Å². The lowest BCUT2D eigenvalue weighted by atomic mass is 10.0. The van der Waals surface area contributed by atoms with Crippen LogP contribution >= 0.6 is 0 Å². The van der Waals surface area contributed by atoms with Crippen molar-refractivity contribution in [2.45, 2.75) is 26.2 Å². The molecule has 0 aromatic heterocycles. The smallest absolute Gasteiger partial charge is 0.118 e. The summed E-state index contributed by atoms with van der Waals surface area (Å²) in [6.45, 7) is 5.00. The highest BCUT2D eigenvalue weighted by Gasteiger charge is 2.08. The number of nitrogens with one attached hydrogen (secondary N) is 1.